The van der Waals surface area contributed by atoms with Crippen molar-refractivity contribution in [1.29, 1.82) is 0 Å². The molecule has 0 aromatic carbocycles. The molecule has 0 radical (unpaired) electrons. The van der Waals surface area contributed by atoms with Gasteiger partial charge in [-0.25, -0.2) is 0 Å². The first-order valence-corrected chi connectivity index (χ1v) is 3.58. The fourth-order valence-electron chi connectivity index (χ4n) is 1.06. The summed E-state index contributed by atoms with van der Waals surface area (Å²) in [5.41, 5.74) is 2.12. The topological polar surface area (TPSA) is 17.1 Å². The van der Waals surface area contributed by atoms with Gasteiger partial charge in [0.15, 0.2) is 0 Å². The minimum absolute atomic E-state index is 0.347. The zero-order valence-corrected chi connectivity index (χ0v) is 6.15. The first kappa shape index (κ1) is 7.26. The molecule has 0 spiro atoms. The Kier molecular flexibility index (Phi) is 2.05. The summed E-state index contributed by atoms with van der Waals surface area (Å²) in [7, 11) is 0. The highest BCUT2D eigenvalue weighted by atomic mass is 16.1. The molecule has 1 nitrogen and oxygen atoms in total. The maximum Gasteiger partial charge on any atom is 0.133 e. The molecule has 0 aromatic heterocycles. The van der Waals surface area contributed by atoms with Gasteiger partial charge in [-0.2, -0.15) is 0 Å². The summed E-state index contributed by atoms with van der Waals surface area (Å²) in [5.74, 6) is 0.347. The van der Waals surface area contributed by atoms with Crippen LogP contribution >= 0.6 is 0 Å². The second-order valence-electron chi connectivity index (χ2n) is 2.75. The lowest BCUT2D eigenvalue weighted by atomic mass is 10.1. The van der Waals surface area contributed by atoms with Gasteiger partial charge in [-0.3, -0.25) is 4.79 Å². The maximum atomic E-state index is 10.9. The summed E-state index contributed by atoms with van der Waals surface area (Å²) in [6.07, 6.45) is 2.96. The number of carbonyl (C=O) groups is 1. The number of carbonyl (C=O) groups excluding carboxylic acids is 1. The van der Waals surface area contributed by atoms with Crippen molar-refractivity contribution in [3.8, 4) is 0 Å². The van der Waals surface area contributed by atoms with Crippen LogP contribution in [-0.2, 0) is 4.79 Å². The maximum absolute atomic E-state index is 10.9. The molecule has 0 unspecified atom stereocenters. The van der Waals surface area contributed by atoms with Crippen LogP contribution in [-0.4, -0.2) is 5.78 Å². The highest BCUT2D eigenvalue weighted by Gasteiger charge is 2.11. The van der Waals surface area contributed by atoms with E-state index in [9.17, 15) is 4.79 Å². The van der Waals surface area contributed by atoms with Gasteiger partial charge < -0.3 is 0 Å². The Morgan fingerprint density at radius 3 is 1.70 bits per heavy atom. The number of hydrogen-bond donors (Lipinski definition) is 0. The van der Waals surface area contributed by atoms with Crippen LogP contribution in [0.1, 0.15) is 25.7 Å². The van der Waals surface area contributed by atoms with E-state index < -0.39 is 0 Å². The molecule has 1 rings (SSSR count). The van der Waals surface area contributed by atoms with Crippen molar-refractivity contribution < 1.29 is 4.79 Å². The molecule has 1 aliphatic carbocycles. The third-order valence-corrected chi connectivity index (χ3v) is 1.91. The van der Waals surface area contributed by atoms with Crippen molar-refractivity contribution >= 4 is 5.78 Å². The predicted molar refractivity (Wildman–Crippen MR) is 41.8 cm³/mol. The smallest absolute Gasteiger partial charge is 0.133 e. The molecule has 10 heavy (non-hydrogen) atoms. The Morgan fingerprint density at radius 2 is 1.30 bits per heavy atom. The summed E-state index contributed by atoms with van der Waals surface area (Å²) >= 11 is 0. The second kappa shape index (κ2) is 2.82. The van der Waals surface area contributed by atoms with Crippen LogP contribution in [0.2, 0.25) is 0 Å². The van der Waals surface area contributed by atoms with E-state index in [0.29, 0.717) is 18.6 Å². The van der Waals surface area contributed by atoms with Crippen molar-refractivity contribution in [2.75, 3.05) is 0 Å². The molecule has 0 aliphatic heterocycles. The Morgan fingerprint density at radius 1 is 0.900 bits per heavy atom. The van der Waals surface area contributed by atoms with Crippen LogP contribution in [0, 0.1) is 0 Å². The van der Waals surface area contributed by atoms with Gasteiger partial charge >= 0.3 is 0 Å². The Labute approximate surface area is 61.4 Å². The van der Waals surface area contributed by atoms with E-state index in [1.807, 2.05) is 0 Å². The van der Waals surface area contributed by atoms with E-state index in [4.69, 9.17) is 0 Å². The van der Waals surface area contributed by atoms with Gasteiger partial charge in [-0.15, -0.1) is 0 Å². The van der Waals surface area contributed by atoms with Crippen LogP contribution in [0.25, 0.3) is 0 Å². The summed E-state index contributed by atoms with van der Waals surface area (Å²) in [5, 5.41) is 0. The standard InChI is InChI=1S/C9H12O/c1-7-3-5-9(10)6-4-8(7)2/h1-6H2. The van der Waals surface area contributed by atoms with Crippen LogP contribution < -0.4 is 0 Å². The number of hydrogen-bond acceptors (Lipinski definition) is 1. The van der Waals surface area contributed by atoms with Gasteiger partial charge in [0.05, 0.1) is 0 Å². The van der Waals surface area contributed by atoms with Crippen molar-refractivity contribution in [3.63, 3.8) is 0 Å². The van der Waals surface area contributed by atoms with E-state index in [1.165, 1.54) is 0 Å². The summed E-state index contributed by atoms with van der Waals surface area (Å²) in [6.45, 7) is 7.68. The first-order chi connectivity index (χ1) is 4.70. The van der Waals surface area contributed by atoms with Gasteiger partial charge in [-0.1, -0.05) is 24.3 Å². The van der Waals surface area contributed by atoms with Gasteiger partial charge in [0.2, 0.25) is 0 Å². The molecule has 0 saturated heterocycles. The first-order valence-electron chi connectivity index (χ1n) is 3.58. The van der Waals surface area contributed by atoms with Crippen LogP contribution in [0.5, 0.6) is 0 Å². The largest absolute Gasteiger partial charge is 0.300 e. The third-order valence-electron chi connectivity index (χ3n) is 1.91. The fraction of sp³-hybridized carbons (Fsp3) is 0.444. The predicted octanol–water partition coefficient (Wildman–Crippen LogP) is 2.24. The van der Waals surface area contributed by atoms with Gasteiger partial charge in [0, 0.05) is 12.8 Å². The fourth-order valence-corrected chi connectivity index (χ4v) is 1.06. The highest BCUT2D eigenvalue weighted by Crippen LogP contribution is 2.22. The molecule has 0 atom stereocenters. The average molecular weight is 136 g/mol. The Bertz CT molecular complexity index is 169. The molecule has 1 saturated carbocycles. The zero-order chi connectivity index (χ0) is 7.56. The molecule has 1 fully saturated rings. The minimum Gasteiger partial charge on any atom is -0.300 e. The summed E-state index contributed by atoms with van der Waals surface area (Å²) in [6, 6.07) is 0. The molecule has 0 aromatic rings. The number of rotatable bonds is 0. The minimum atomic E-state index is 0.347. The molecule has 54 valence electrons. The van der Waals surface area contributed by atoms with Crippen molar-refractivity contribution in [1.82, 2.24) is 0 Å². The number of ketones is 1. The lowest BCUT2D eigenvalue weighted by molar-refractivity contribution is -0.118. The third kappa shape index (κ3) is 1.56. The van der Waals surface area contributed by atoms with E-state index in [2.05, 4.69) is 13.2 Å². The lowest BCUT2D eigenvalue weighted by Crippen LogP contribution is -1.92. The van der Waals surface area contributed by atoms with E-state index >= 15 is 0 Å². The number of Topliss-reactive ketones (excluding diaryl/α,β-unsaturated/α-hetero) is 1. The lowest BCUT2D eigenvalue weighted by Gasteiger charge is -1.99. The zero-order valence-electron chi connectivity index (χ0n) is 6.15. The molecular formula is C9H12O. The second-order valence-corrected chi connectivity index (χ2v) is 2.75. The monoisotopic (exact) mass is 136 g/mol. The molecule has 0 N–H and O–H groups in total. The quantitative estimate of drug-likeness (QED) is 0.467. The van der Waals surface area contributed by atoms with Crippen LogP contribution in [0.4, 0.5) is 0 Å². The van der Waals surface area contributed by atoms with Crippen molar-refractivity contribution in [3.05, 3.63) is 24.3 Å². The molecular weight excluding hydrogens is 124 g/mol. The normalized spacial score (nSPS) is 21.0. The van der Waals surface area contributed by atoms with E-state index in [0.717, 1.165) is 24.0 Å². The molecule has 1 heteroatoms. The Hall–Kier alpha value is -0.850. The van der Waals surface area contributed by atoms with Gasteiger partial charge in [0.1, 0.15) is 5.78 Å². The molecule has 0 bridgehead atoms. The van der Waals surface area contributed by atoms with Crippen molar-refractivity contribution in [2.45, 2.75) is 25.7 Å². The summed E-state index contributed by atoms with van der Waals surface area (Å²) in [4.78, 5) is 10.9. The van der Waals surface area contributed by atoms with Gasteiger partial charge in [0.25, 0.3) is 0 Å². The Balaban J connectivity index is 2.63. The molecule has 0 amide bonds. The van der Waals surface area contributed by atoms with E-state index in [1.54, 1.807) is 0 Å². The highest BCUT2D eigenvalue weighted by molar-refractivity contribution is 5.79. The molecule has 1 aliphatic rings. The van der Waals surface area contributed by atoms with Crippen LogP contribution in [0.3, 0.4) is 0 Å². The average Bonchev–Trinajstić information content (AvgIpc) is 2.04. The number of allylic oxidation sites excluding steroid dienone is 2. The van der Waals surface area contributed by atoms with E-state index in [-0.39, 0.29) is 0 Å². The summed E-state index contributed by atoms with van der Waals surface area (Å²) < 4.78 is 0. The van der Waals surface area contributed by atoms with Gasteiger partial charge in [-0.05, 0) is 12.8 Å². The SMILES string of the molecule is C=C1CCC(=O)CCC1=C. The van der Waals surface area contributed by atoms with Crippen LogP contribution in [0.15, 0.2) is 24.3 Å². The molecule has 0 heterocycles. The van der Waals surface area contributed by atoms with Crippen molar-refractivity contribution in [2.24, 2.45) is 0 Å².